The zero-order chi connectivity index (χ0) is 37.5. The van der Waals surface area contributed by atoms with E-state index in [4.69, 9.17) is 24.1 Å². The number of carbonyl (C=O) groups is 2. The summed E-state index contributed by atoms with van der Waals surface area (Å²) >= 11 is 0. The number of aryl methyl sites for hydroxylation is 1. The van der Waals surface area contributed by atoms with Crippen LogP contribution < -0.4 is 9.47 Å². The number of hydrogen-bond acceptors (Lipinski definition) is 8. The Bertz CT molecular complexity index is 1600. The second kappa shape index (κ2) is 20.2. The molecule has 1 fully saturated rings. The van der Waals surface area contributed by atoms with E-state index in [-0.39, 0.29) is 38.6 Å². The van der Waals surface area contributed by atoms with Crippen molar-refractivity contribution in [3.05, 3.63) is 83.9 Å². The summed E-state index contributed by atoms with van der Waals surface area (Å²) < 4.78 is 22.4. The fourth-order valence-corrected chi connectivity index (χ4v) is 6.67. The molecular formula is C44H58O8. The van der Waals surface area contributed by atoms with Gasteiger partial charge in [0.2, 0.25) is 0 Å². The van der Waals surface area contributed by atoms with Crippen LogP contribution >= 0.6 is 0 Å². The fourth-order valence-electron chi connectivity index (χ4n) is 6.67. The van der Waals surface area contributed by atoms with Gasteiger partial charge < -0.3 is 29.2 Å². The Labute approximate surface area is 310 Å². The molecule has 8 heteroatoms. The molecule has 0 unspecified atom stereocenters. The standard InChI is InChI=1S/C44H58O8/c1-6-8-9-10-32-11-13-34(14-12-32)35-15-17-36(18-16-35)39-21-19-37(27-33(39)7-2)38-20-22-40(49-24-26-52-43(48)44(4,5)30-46)41(28-38)50-23-25-51-42(47)31(3)29-45/h15-22,27-28,32,34,45-46H,3,6-14,23-26,29-30H2,1-2,4-5H3. The van der Waals surface area contributed by atoms with E-state index < -0.39 is 24.0 Å². The van der Waals surface area contributed by atoms with Crippen LogP contribution in [0.4, 0.5) is 0 Å². The molecule has 3 aromatic carbocycles. The molecule has 0 bridgehead atoms. The lowest BCUT2D eigenvalue weighted by Gasteiger charge is -2.29. The van der Waals surface area contributed by atoms with Gasteiger partial charge >= 0.3 is 11.9 Å². The van der Waals surface area contributed by atoms with Gasteiger partial charge in [0.1, 0.15) is 26.4 Å². The van der Waals surface area contributed by atoms with Crippen molar-refractivity contribution in [2.45, 2.75) is 91.4 Å². The molecule has 0 radical (unpaired) electrons. The molecular weight excluding hydrogens is 656 g/mol. The van der Waals surface area contributed by atoms with Gasteiger partial charge in [0.15, 0.2) is 11.5 Å². The molecule has 4 rings (SSSR count). The number of carbonyl (C=O) groups excluding carboxylic acids is 2. The molecule has 52 heavy (non-hydrogen) atoms. The van der Waals surface area contributed by atoms with Gasteiger partial charge in [0.05, 0.1) is 24.2 Å². The predicted molar refractivity (Wildman–Crippen MR) is 206 cm³/mol. The number of unbranched alkanes of at least 4 members (excludes halogenated alkanes) is 2. The van der Waals surface area contributed by atoms with Gasteiger partial charge in [-0.15, -0.1) is 0 Å². The Balaban J connectivity index is 1.46. The Morgan fingerprint density at radius 3 is 2.06 bits per heavy atom. The summed E-state index contributed by atoms with van der Waals surface area (Å²) in [6, 6.07) is 21.4. The molecule has 2 N–H and O–H groups in total. The van der Waals surface area contributed by atoms with E-state index in [2.05, 4.69) is 62.9 Å². The van der Waals surface area contributed by atoms with Gasteiger partial charge in [-0.2, -0.15) is 0 Å². The zero-order valence-electron chi connectivity index (χ0n) is 31.6. The highest BCUT2D eigenvalue weighted by molar-refractivity contribution is 5.87. The smallest absolute Gasteiger partial charge is 0.335 e. The highest BCUT2D eigenvalue weighted by atomic mass is 16.6. The lowest BCUT2D eigenvalue weighted by atomic mass is 9.77. The SMILES string of the molecule is C=C(CO)C(=O)OCCOc1cc(-c2ccc(-c3ccc(C4CCC(CCCCC)CC4)cc3)c(CC)c2)ccc1OCCOC(=O)C(C)(C)CO. The molecule has 8 nitrogen and oxygen atoms in total. The van der Waals surface area contributed by atoms with E-state index in [1.807, 2.05) is 12.1 Å². The second-order valence-corrected chi connectivity index (χ2v) is 14.5. The molecule has 0 aromatic heterocycles. The van der Waals surface area contributed by atoms with Crippen molar-refractivity contribution in [2.24, 2.45) is 11.3 Å². The minimum Gasteiger partial charge on any atom is -0.486 e. The maximum Gasteiger partial charge on any atom is 0.335 e. The number of hydrogen-bond donors (Lipinski definition) is 2. The van der Waals surface area contributed by atoms with Gasteiger partial charge in [-0.3, -0.25) is 4.79 Å². The average Bonchev–Trinajstić information content (AvgIpc) is 3.18. The van der Waals surface area contributed by atoms with Gasteiger partial charge in [-0.1, -0.05) is 94.6 Å². The first-order chi connectivity index (χ1) is 25.1. The van der Waals surface area contributed by atoms with Crippen molar-refractivity contribution in [1.29, 1.82) is 0 Å². The minimum atomic E-state index is -1.00. The third-order valence-electron chi connectivity index (χ3n) is 10.1. The molecule has 0 heterocycles. The van der Waals surface area contributed by atoms with Crippen molar-refractivity contribution < 1.29 is 38.7 Å². The largest absolute Gasteiger partial charge is 0.486 e. The van der Waals surface area contributed by atoms with Crippen LogP contribution in [-0.4, -0.2) is 61.8 Å². The van der Waals surface area contributed by atoms with E-state index >= 15 is 0 Å². The average molecular weight is 715 g/mol. The van der Waals surface area contributed by atoms with E-state index in [1.54, 1.807) is 19.9 Å². The number of aliphatic hydroxyl groups is 2. The van der Waals surface area contributed by atoms with Crippen molar-refractivity contribution in [3.63, 3.8) is 0 Å². The van der Waals surface area contributed by atoms with Crippen LogP contribution in [-0.2, 0) is 25.5 Å². The first kappa shape index (κ1) is 40.6. The summed E-state index contributed by atoms with van der Waals surface area (Å²) in [6.45, 7) is 10.4. The van der Waals surface area contributed by atoms with E-state index in [9.17, 15) is 14.7 Å². The molecule has 282 valence electrons. The first-order valence-electron chi connectivity index (χ1n) is 19.0. The summed E-state index contributed by atoms with van der Waals surface area (Å²) in [4.78, 5) is 24.2. The minimum absolute atomic E-state index is 0.00706. The zero-order valence-corrected chi connectivity index (χ0v) is 31.6. The first-order valence-corrected chi connectivity index (χ1v) is 19.0. The Kier molecular flexibility index (Phi) is 15.8. The highest BCUT2D eigenvalue weighted by Crippen LogP contribution is 2.39. The van der Waals surface area contributed by atoms with Crippen LogP contribution in [0.3, 0.4) is 0 Å². The Morgan fingerprint density at radius 2 is 1.40 bits per heavy atom. The Morgan fingerprint density at radius 1 is 0.769 bits per heavy atom. The molecule has 1 saturated carbocycles. The number of ether oxygens (including phenoxy) is 4. The monoisotopic (exact) mass is 714 g/mol. The molecule has 0 saturated heterocycles. The summed E-state index contributed by atoms with van der Waals surface area (Å²) in [7, 11) is 0. The number of aliphatic hydroxyl groups excluding tert-OH is 2. The van der Waals surface area contributed by atoms with Crippen LogP contribution in [0.5, 0.6) is 11.5 Å². The molecule has 0 aliphatic heterocycles. The van der Waals surface area contributed by atoms with Gasteiger partial charge in [0, 0.05) is 0 Å². The van der Waals surface area contributed by atoms with Gasteiger partial charge in [0.25, 0.3) is 0 Å². The van der Waals surface area contributed by atoms with Gasteiger partial charge in [-0.05, 0) is 103 Å². The predicted octanol–water partition coefficient (Wildman–Crippen LogP) is 8.85. The second-order valence-electron chi connectivity index (χ2n) is 14.5. The molecule has 3 aromatic rings. The van der Waals surface area contributed by atoms with Crippen LogP contribution in [0, 0.1) is 11.3 Å². The lowest BCUT2D eigenvalue weighted by Crippen LogP contribution is -2.31. The van der Waals surface area contributed by atoms with Crippen molar-refractivity contribution in [3.8, 4) is 33.8 Å². The van der Waals surface area contributed by atoms with E-state index in [1.165, 1.54) is 73.6 Å². The lowest BCUT2D eigenvalue weighted by molar-refractivity contribution is -0.156. The van der Waals surface area contributed by atoms with Gasteiger partial charge in [-0.25, -0.2) is 4.79 Å². The molecule has 0 amide bonds. The molecule has 0 spiro atoms. The van der Waals surface area contributed by atoms with Crippen LogP contribution in [0.2, 0.25) is 0 Å². The Hall–Kier alpha value is -4.14. The number of rotatable bonds is 20. The van der Waals surface area contributed by atoms with Crippen LogP contribution in [0.1, 0.15) is 96.1 Å². The summed E-state index contributed by atoms with van der Waals surface area (Å²) in [6.07, 6.45) is 11.6. The molecule has 0 atom stereocenters. The number of benzene rings is 3. The number of esters is 2. The van der Waals surface area contributed by atoms with Crippen LogP contribution in [0.25, 0.3) is 22.3 Å². The highest BCUT2D eigenvalue weighted by Gasteiger charge is 2.28. The van der Waals surface area contributed by atoms with Crippen molar-refractivity contribution in [2.75, 3.05) is 39.6 Å². The third-order valence-corrected chi connectivity index (χ3v) is 10.1. The van der Waals surface area contributed by atoms with Crippen molar-refractivity contribution >= 4 is 11.9 Å². The molecule has 1 aliphatic rings. The normalized spacial score (nSPS) is 15.9. The third kappa shape index (κ3) is 11.4. The van der Waals surface area contributed by atoms with Crippen LogP contribution in [0.15, 0.2) is 72.8 Å². The fraction of sp³-hybridized carbons (Fsp3) is 0.500. The maximum absolute atomic E-state index is 12.2. The quantitative estimate of drug-likeness (QED) is 0.0679. The molecule has 1 aliphatic carbocycles. The topological polar surface area (TPSA) is 112 Å². The summed E-state index contributed by atoms with van der Waals surface area (Å²) in [5, 5.41) is 18.6. The summed E-state index contributed by atoms with van der Waals surface area (Å²) in [5.74, 6) is 1.23. The van der Waals surface area contributed by atoms with Crippen molar-refractivity contribution in [1.82, 2.24) is 0 Å². The van der Waals surface area contributed by atoms with E-state index in [0.29, 0.717) is 17.4 Å². The maximum atomic E-state index is 12.2. The summed E-state index contributed by atoms with van der Waals surface area (Å²) in [5.41, 5.74) is 6.04. The van der Waals surface area contributed by atoms with E-state index in [0.717, 1.165) is 23.5 Å².